The number of pyridine rings is 1. The molecule has 0 aliphatic heterocycles. The van der Waals surface area contributed by atoms with Gasteiger partial charge < -0.3 is 14.5 Å². The Morgan fingerprint density at radius 2 is 1.94 bits per heavy atom. The van der Waals surface area contributed by atoms with E-state index in [0.717, 1.165) is 11.3 Å². The van der Waals surface area contributed by atoms with Crippen molar-refractivity contribution in [2.45, 2.75) is 33.7 Å². The number of rotatable bonds is 5. The highest BCUT2D eigenvalue weighted by Crippen LogP contribution is 2.31. The molecule has 0 aliphatic rings. The van der Waals surface area contributed by atoms with Gasteiger partial charge in [0.1, 0.15) is 11.5 Å². The first kappa shape index (κ1) is 22.5. The molecule has 3 heterocycles. The summed E-state index contributed by atoms with van der Waals surface area (Å²) in [5.74, 6) is 0.517. The quantitative estimate of drug-likeness (QED) is 0.385. The number of furan rings is 1. The highest BCUT2D eigenvalue weighted by Gasteiger charge is 2.21. The van der Waals surface area contributed by atoms with E-state index in [9.17, 15) is 9.59 Å². The van der Waals surface area contributed by atoms with Crippen molar-refractivity contribution in [3.63, 3.8) is 0 Å². The van der Waals surface area contributed by atoms with Gasteiger partial charge in [-0.05, 0) is 58.0 Å². The molecule has 33 heavy (non-hydrogen) atoms. The number of aryl methyl sites for hydroxylation is 2. The Morgan fingerprint density at radius 1 is 1.18 bits per heavy atom. The van der Waals surface area contributed by atoms with Crippen LogP contribution in [0.3, 0.4) is 0 Å². The number of anilines is 1. The van der Waals surface area contributed by atoms with Crippen LogP contribution in [0.15, 0.2) is 40.9 Å². The fraction of sp³-hybridized carbons (Fsp3) is 0.250. The minimum Gasteiger partial charge on any atom is -0.466 e. The number of methoxy groups -OCH3 is 1. The summed E-state index contributed by atoms with van der Waals surface area (Å²) in [5, 5.41) is 8.14. The van der Waals surface area contributed by atoms with Crippen LogP contribution in [0.25, 0.3) is 22.3 Å². The average Bonchev–Trinajstić information content (AvgIpc) is 3.36. The van der Waals surface area contributed by atoms with Crippen LogP contribution >= 0.6 is 11.6 Å². The molecule has 1 N–H and O–H groups in total. The van der Waals surface area contributed by atoms with E-state index in [1.54, 1.807) is 16.9 Å². The Hall–Kier alpha value is -3.65. The Morgan fingerprint density at radius 3 is 2.58 bits per heavy atom. The molecule has 0 aliphatic carbocycles. The molecule has 0 atom stereocenters. The van der Waals surface area contributed by atoms with Gasteiger partial charge in [0.25, 0.3) is 5.91 Å². The third kappa shape index (κ3) is 4.21. The van der Waals surface area contributed by atoms with Crippen LogP contribution in [0.4, 0.5) is 5.69 Å². The van der Waals surface area contributed by atoms with Gasteiger partial charge in [0.2, 0.25) is 0 Å². The van der Waals surface area contributed by atoms with E-state index in [1.807, 2.05) is 33.8 Å². The highest BCUT2D eigenvalue weighted by molar-refractivity contribution is 6.34. The van der Waals surface area contributed by atoms with Crippen LogP contribution < -0.4 is 5.32 Å². The van der Waals surface area contributed by atoms with Gasteiger partial charge in [-0.3, -0.25) is 4.79 Å². The van der Waals surface area contributed by atoms with Gasteiger partial charge in [0.15, 0.2) is 5.65 Å². The summed E-state index contributed by atoms with van der Waals surface area (Å²) in [6.45, 7) is 7.70. The predicted molar refractivity (Wildman–Crippen MR) is 126 cm³/mol. The van der Waals surface area contributed by atoms with Crippen molar-refractivity contribution in [2.24, 2.45) is 0 Å². The maximum Gasteiger partial charge on any atom is 0.337 e. The summed E-state index contributed by atoms with van der Waals surface area (Å²) in [6.07, 6.45) is 1.63. The summed E-state index contributed by atoms with van der Waals surface area (Å²) >= 11 is 6.28. The zero-order chi connectivity index (χ0) is 23.9. The predicted octanol–water partition coefficient (Wildman–Crippen LogP) is 5.58. The van der Waals surface area contributed by atoms with E-state index >= 15 is 0 Å². The first-order chi connectivity index (χ1) is 15.7. The van der Waals surface area contributed by atoms with Gasteiger partial charge in [-0.15, -0.1) is 0 Å². The Labute approximate surface area is 195 Å². The van der Waals surface area contributed by atoms with Crippen LogP contribution in [0.1, 0.15) is 52.1 Å². The number of halogens is 1. The molecule has 0 saturated carbocycles. The smallest absolute Gasteiger partial charge is 0.337 e. The second-order valence-electron chi connectivity index (χ2n) is 7.94. The van der Waals surface area contributed by atoms with Crippen LogP contribution in [0.5, 0.6) is 0 Å². The molecular weight excluding hydrogens is 444 g/mol. The van der Waals surface area contributed by atoms with E-state index in [2.05, 4.69) is 10.4 Å². The van der Waals surface area contributed by atoms with Gasteiger partial charge in [-0.25, -0.2) is 14.5 Å². The number of fused-ring (bicyclic) bond motifs is 1. The molecule has 3 aromatic heterocycles. The minimum atomic E-state index is -0.528. The third-order valence-corrected chi connectivity index (χ3v) is 5.58. The fourth-order valence-corrected chi connectivity index (χ4v) is 3.83. The third-order valence-electron chi connectivity index (χ3n) is 5.25. The van der Waals surface area contributed by atoms with Crippen molar-refractivity contribution in [1.82, 2.24) is 14.8 Å². The van der Waals surface area contributed by atoms with Crippen molar-refractivity contribution in [2.75, 3.05) is 12.4 Å². The minimum absolute atomic E-state index is 0.0412. The molecule has 4 rings (SSSR count). The number of ether oxygens (including phenoxy) is 1. The number of esters is 1. The molecule has 9 heteroatoms. The lowest BCUT2D eigenvalue weighted by Crippen LogP contribution is -2.14. The van der Waals surface area contributed by atoms with Crippen LogP contribution in [0.2, 0.25) is 5.02 Å². The number of carbonyl (C=O) groups excluding carboxylic acids is 2. The van der Waals surface area contributed by atoms with Gasteiger partial charge in [0, 0.05) is 11.6 Å². The van der Waals surface area contributed by atoms with Crippen LogP contribution in [-0.4, -0.2) is 33.8 Å². The van der Waals surface area contributed by atoms with E-state index in [4.69, 9.17) is 25.7 Å². The van der Waals surface area contributed by atoms with Crippen molar-refractivity contribution >= 4 is 40.2 Å². The van der Waals surface area contributed by atoms with E-state index in [0.29, 0.717) is 38.8 Å². The summed E-state index contributed by atoms with van der Waals surface area (Å²) in [7, 11) is 1.29. The normalized spacial score (nSPS) is 11.2. The second kappa shape index (κ2) is 8.71. The molecule has 0 bridgehead atoms. The lowest BCUT2D eigenvalue weighted by Gasteiger charge is -2.12. The van der Waals surface area contributed by atoms with Crippen LogP contribution in [-0.2, 0) is 4.74 Å². The van der Waals surface area contributed by atoms with Crippen molar-refractivity contribution in [3.05, 3.63) is 64.2 Å². The number of carbonyl (C=O) groups is 2. The molecular formula is C24H23ClN4O4. The summed E-state index contributed by atoms with van der Waals surface area (Å²) in [4.78, 5) is 30.1. The zero-order valence-corrected chi connectivity index (χ0v) is 19.6. The number of hydrogen-bond donors (Lipinski definition) is 1. The molecule has 8 nitrogen and oxygen atoms in total. The van der Waals surface area contributed by atoms with Gasteiger partial charge in [-0.2, -0.15) is 5.10 Å². The standard InChI is InChI=1S/C24H23ClN4O4/c1-12(2)29-22-18(11-26-29)17(10-20(27-22)16-8-13(3)33-14(16)4)23(30)28-21-9-15(24(31)32-5)6-7-19(21)25/h6-12H,1-5H3,(H,28,30). The lowest BCUT2D eigenvalue weighted by atomic mass is 10.1. The fourth-order valence-electron chi connectivity index (χ4n) is 3.66. The molecule has 170 valence electrons. The molecule has 0 spiro atoms. The summed E-state index contributed by atoms with van der Waals surface area (Å²) in [6, 6.07) is 8.18. The van der Waals surface area contributed by atoms with E-state index < -0.39 is 11.9 Å². The van der Waals surface area contributed by atoms with Gasteiger partial charge in [0.05, 0.1) is 46.2 Å². The number of amides is 1. The summed E-state index contributed by atoms with van der Waals surface area (Å²) < 4.78 is 12.2. The number of nitrogens with zero attached hydrogens (tertiary/aromatic N) is 3. The number of nitrogens with one attached hydrogen (secondary N) is 1. The molecule has 1 aromatic carbocycles. The molecule has 0 saturated heterocycles. The molecule has 1 amide bonds. The van der Waals surface area contributed by atoms with Gasteiger partial charge in [-0.1, -0.05) is 11.6 Å². The van der Waals surface area contributed by atoms with Gasteiger partial charge >= 0.3 is 5.97 Å². The maximum atomic E-state index is 13.4. The highest BCUT2D eigenvalue weighted by atomic mass is 35.5. The Balaban J connectivity index is 1.84. The van der Waals surface area contributed by atoms with Crippen molar-refractivity contribution in [1.29, 1.82) is 0 Å². The molecule has 0 unspecified atom stereocenters. The monoisotopic (exact) mass is 466 g/mol. The Bertz CT molecular complexity index is 1390. The van der Waals surface area contributed by atoms with Crippen LogP contribution in [0, 0.1) is 13.8 Å². The first-order valence-corrected chi connectivity index (χ1v) is 10.7. The van der Waals surface area contributed by atoms with E-state index in [1.165, 1.54) is 25.3 Å². The topological polar surface area (TPSA) is 99.2 Å². The number of hydrogen-bond acceptors (Lipinski definition) is 6. The first-order valence-electron chi connectivity index (χ1n) is 10.3. The average molecular weight is 467 g/mol. The van der Waals surface area contributed by atoms with Crippen molar-refractivity contribution in [3.8, 4) is 11.3 Å². The SMILES string of the molecule is COC(=O)c1ccc(Cl)c(NC(=O)c2cc(-c3cc(C)oc3C)nc3c2cnn3C(C)C)c1. The van der Waals surface area contributed by atoms with E-state index in [-0.39, 0.29) is 11.6 Å². The Kier molecular flexibility index (Phi) is 5.95. The van der Waals surface area contributed by atoms with Crippen molar-refractivity contribution < 1.29 is 18.7 Å². The zero-order valence-electron chi connectivity index (χ0n) is 18.9. The molecule has 4 aromatic rings. The lowest BCUT2D eigenvalue weighted by molar-refractivity contribution is 0.0600. The summed E-state index contributed by atoms with van der Waals surface area (Å²) in [5.41, 5.74) is 2.92. The number of aromatic nitrogens is 3. The maximum absolute atomic E-state index is 13.4. The number of benzene rings is 1. The molecule has 0 fully saturated rings. The second-order valence-corrected chi connectivity index (χ2v) is 8.35. The largest absolute Gasteiger partial charge is 0.466 e. The molecule has 0 radical (unpaired) electrons.